The zero-order chi connectivity index (χ0) is 27.1. The zero-order valence-electron chi connectivity index (χ0n) is 20.0. The Kier molecular flexibility index (Phi) is 6.01. The molecule has 0 amide bonds. The summed E-state index contributed by atoms with van der Waals surface area (Å²) in [7, 11) is 0. The number of nitrogens with zero attached hydrogens (tertiary/aromatic N) is 6. The third kappa shape index (κ3) is 3.98. The summed E-state index contributed by atoms with van der Waals surface area (Å²) in [4.78, 5) is 36.6. The first kappa shape index (κ1) is 24.3. The van der Waals surface area contributed by atoms with E-state index in [9.17, 15) is 20.1 Å². The fraction of sp³-hybridized carbons (Fsp3) is 0.0345. The standard InChI is InChI=1S/C29H15ClN6O2S/c30-22-7-3-6-21(19-10-17(12-32)13-33-15-19)26(22)25-11-23-27(39-25)28(37)36(29(38)35(23)9-8-31)24-16-34-14-18-4-1-2-5-20(18)24/h1-7,10-11,13-16H,9H2. The maximum absolute atomic E-state index is 13.9. The van der Waals surface area contributed by atoms with E-state index in [0.717, 1.165) is 9.95 Å². The molecular weight excluding hydrogens is 532 g/mol. The molecular formula is C29H15ClN6O2S. The fourth-order valence-corrected chi connectivity index (χ4v) is 6.15. The molecule has 0 aliphatic rings. The summed E-state index contributed by atoms with van der Waals surface area (Å²) in [6.45, 7) is -0.256. The summed E-state index contributed by atoms with van der Waals surface area (Å²) in [5, 5.41) is 20.8. The van der Waals surface area contributed by atoms with Crippen LogP contribution in [0.4, 0.5) is 0 Å². The summed E-state index contributed by atoms with van der Waals surface area (Å²) in [6, 6.07) is 20.3. The number of halogens is 1. The molecule has 39 heavy (non-hydrogen) atoms. The van der Waals surface area contributed by atoms with Crippen molar-refractivity contribution in [3.05, 3.63) is 111 Å². The van der Waals surface area contributed by atoms with Crippen LogP contribution in [-0.2, 0) is 6.54 Å². The normalized spacial score (nSPS) is 10.9. The molecule has 6 aromatic rings. The van der Waals surface area contributed by atoms with Crippen LogP contribution in [0.25, 0.3) is 48.2 Å². The van der Waals surface area contributed by atoms with Gasteiger partial charge in [-0.15, -0.1) is 11.3 Å². The van der Waals surface area contributed by atoms with Crippen LogP contribution in [0.1, 0.15) is 5.56 Å². The number of fused-ring (bicyclic) bond motifs is 2. The van der Waals surface area contributed by atoms with Crippen molar-refractivity contribution in [3.8, 4) is 39.4 Å². The molecule has 2 aromatic carbocycles. The predicted molar refractivity (Wildman–Crippen MR) is 151 cm³/mol. The largest absolute Gasteiger partial charge is 0.337 e. The van der Waals surface area contributed by atoms with Gasteiger partial charge in [-0.2, -0.15) is 10.5 Å². The first-order valence-electron chi connectivity index (χ1n) is 11.7. The first-order valence-corrected chi connectivity index (χ1v) is 12.8. The lowest BCUT2D eigenvalue weighted by atomic mass is 9.99. The summed E-state index contributed by atoms with van der Waals surface area (Å²) >= 11 is 7.87. The second-order valence-corrected chi connectivity index (χ2v) is 10.1. The van der Waals surface area contributed by atoms with Crippen LogP contribution in [0.15, 0.2) is 89.0 Å². The van der Waals surface area contributed by atoms with Crippen molar-refractivity contribution in [1.82, 2.24) is 19.1 Å². The molecule has 0 bridgehead atoms. The SMILES string of the molecule is N#CCn1c(=O)n(-c2cncc3ccccc23)c(=O)c2sc(-c3c(Cl)cccc3-c3cncc(C#N)c3)cc21. The highest BCUT2D eigenvalue weighted by Crippen LogP contribution is 2.42. The first-order chi connectivity index (χ1) is 19.0. The van der Waals surface area contributed by atoms with Crippen molar-refractivity contribution < 1.29 is 0 Å². The number of hydrogen-bond acceptors (Lipinski definition) is 7. The fourth-order valence-electron chi connectivity index (χ4n) is 4.65. The summed E-state index contributed by atoms with van der Waals surface area (Å²) in [5.74, 6) is 0. The molecule has 4 heterocycles. The predicted octanol–water partition coefficient (Wildman–Crippen LogP) is 5.54. The Morgan fingerprint density at radius 1 is 0.949 bits per heavy atom. The smallest absolute Gasteiger partial charge is 0.278 e. The van der Waals surface area contributed by atoms with Gasteiger partial charge in [-0.1, -0.05) is 48.0 Å². The maximum Gasteiger partial charge on any atom is 0.337 e. The molecule has 8 nitrogen and oxygen atoms in total. The molecule has 0 fully saturated rings. The molecule has 0 atom stereocenters. The number of pyridine rings is 2. The third-order valence-electron chi connectivity index (χ3n) is 6.38. The number of nitriles is 2. The minimum absolute atomic E-state index is 0.256. The van der Waals surface area contributed by atoms with Gasteiger partial charge < -0.3 is 0 Å². The Morgan fingerprint density at radius 2 is 1.77 bits per heavy atom. The number of hydrogen-bond donors (Lipinski definition) is 0. The maximum atomic E-state index is 13.9. The molecule has 0 radical (unpaired) electrons. The van der Waals surface area contributed by atoms with Crippen LogP contribution in [0, 0.1) is 22.7 Å². The van der Waals surface area contributed by atoms with Crippen molar-refractivity contribution in [3.63, 3.8) is 0 Å². The van der Waals surface area contributed by atoms with Gasteiger partial charge in [-0.05, 0) is 23.8 Å². The Hall–Kier alpha value is -5.09. The van der Waals surface area contributed by atoms with E-state index in [4.69, 9.17) is 11.6 Å². The van der Waals surface area contributed by atoms with Crippen LogP contribution in [0.3, 0.4) is 0 Å². The number of aromatic nitrogens is 4. The molecule has 0 saturated carbocycles. The average Bonchev–Trinajstić information content (AvgIpc) is 3.40. The van der Waals surface area contributed by atoms with Gasteiger partial charge in [-0.3, -0.25) is 19.3 Å². The van der Waals surface area contributed by atoms with E-state index in [1.165, 1.54) is 28.3 Å². The average molecular weight is 547 g/mol. The molecule has 0 aliphatic heterocycles. The molecule has 6 rings (SSSR count). The number of rotatable bonds is 4. The van der Waals surface area contributed by atoms with Gasteiger partial charge in [-0.25, -0.2) is 9.36 Å². The Morgan fingerprint density at radius 3 is 2.59 bits per heavy atom. The van der Waals surface area contributed by atoms with Crippen LogP contribution in [0.2, 0.25) is 5.02 Å². The van der Waals surface area contributed by atoms with Gasteiger partial charge in [0, 0.05) is 50.4 Å². The quantitative estimate of drug-likeness (QED) is 0.286. The Labute approximate surface area is 229 Å². The molecule has 0 aliphatic carbocycles. The zero-order valence-corrected chi connectivity index (χ0v) is 21.6. The van der Waals surface area contributed by atoms with Gasteiger partial charge >= 0.3 is 5.69 Å². The van der Waals surface area contributed by atoms with E-state index in [0.29, 0.717) is 53.4 Å². The van der Waals surface area contributed by atoms with Crippen molar-refractivity contribution >= 4 is 43.9 Å². The van der Waals surface area contributed by atoms with Gasteiger partial charge in [0.05, 0.1) is 29.0 Å². The van der Waals surface area contributed by atoms with Gasteiger partial charge in [0.2, 0.25) is 0 Å². The van der Waals surface area contributed by atoms with E-state index in [1.54, 1.807) is 36.7 Å². The topological polar surface area (TPSA) is 117 Å². The second-order valence-electron chi connectivity index (χ2n) is 8.61. The van der Waals surface area contributed by atoms with Crippen molar-refractivity contribution in [2.75, 3.05) is 0 Å². The lowest BCUT2D eigenvalue weighted by Gasteiger charge is -2.11. The van der Waals surface area contributed by atoms with E-state index in [-0.39, 0.29) is 6.54 Å². The minimum atomic E-state index is -0.637. The highest BCUT2D eigenvalue weighted by atomic mass is 35.5. The number of benzene rings is 2. The van der Waals surface area contributed by atoms with Gasteiger partial charge in [0.1, 0.15) is 17.3 Å². The van der Waals surface area contributed by atoms with E-state index in [2.05, 4.69) is 16.0 Å². The van der Waals surface area contributed by atoms with E-state index >= 15 is 0 Å². The lowest BCUT2D eigenvalue weighted by molar-refractivity contribution is 0.736. The Bertz CT molecular complexity index is 2140. The van der Waals surface area contributed by atoms with Crippen molar-refractivity contribution in [2.45, 2.75) is 6.54 Å². The second kappa shape index (κ2) is 9.66. The molecule has 186 valence electrons. The minimum Gasteiger partial charge on any atom is -0.278 e. The van der Waals surface area contributed by atoms with E-state index in [1.807, 2.05) is 36.4 Å². The highest BCUT2D eigenvalue weighted by molar-refractivity contribution is 7.22. The van der Waals surface area contributed by atoms with Gasteiger partial charge in [0.15, 0.2) is 0 Å². The van der Waals surface area contributed by atoms with Crippen LogP contribution >= 0.6 is 22.9 Å². The third-order valence-corrected chi connectivity index (χ3v) is 7.82. The lowest BCUT2D eigenvalue weighted by Crippen LogP contribution is -2.38. The monoisotopic (exact) mass is 546 g/mol. The summed E-state index contributed by atoms with van der Waals surface area (Å²) in [6.07, 6.45) is 6.24. The van der Waals surface area contributed by atoms with Gasteiger partial charge in [0.25, 0.3) is 5.56 Å². The molecule has 10 heteroatoms. The molecule has 0 N–H and O–H groups in total. The summed E-state index contributed by atoms with van der Waals surface area (Å²) < 4.78 is 2.65. The molecule has 4 aromatic heterocycles. The molecule has 0 spiro atoms. The molecule has 0 unspecified atom stereocenters. The van der Waals surface area contributed by atoms with Crippen LogP contribution in [0.5, 0.6) is 0 Å². The van der Waals surface area contributed by atoms with Crippen molar-refractivity contribution in [1.29, 1.82) is 10.5 Å². The number of thiophene rings is 1. The molecule has 0 saturated heterocycles. The highest BCUT2D eigenvalue weighted by Gasteiger charge is 2.22. The van der Waals surface area contributed by atoms with E-state index < -0.39 is 11.2 Å². The van der Waals surface area contributed by atoms with Crippen LogP contribution in [-0.4, -0.2) is 19.1 Å². The van der Waals surface area contributed by atoms with Crippen molar-refractivity contribution in [2.24, 2.45) is 0 Å². The Balaban J connectivity index is 1.67. The van der Waals surface area contributed by atoms with Crippen LogP contribution < -0.4 is 11.2 Å². The summed E-state index contributed by atoms with van der Waals surface area (Å²) in [5.41, 5.74) is 1.94.